The Balaban J connectivity index is 1.90. The number of aliphatic imine (C=N–C) groups is 1. The topological polar surface area (TPSA) is 87.6 Å². The fourth-order valence-electron chi connectivity index (χ4n) is 2.91. The van der Waals surface area contributed by atoms with Crippen molar-refractivity contribution in [3.05, 3.63) is 59.7 Å². The molecule has 0 radical (unpaired) electrons. The van der Waals surface area contributed by atoms with Gasteiger partial charge >= 0.3 is 0 Å². The first-order valence-electron chi connectivity index (χ1n) is 8.84. The number of amides is 1. The standard InChI is InChI=1S/C20H23N3O3S/c1-13(2)12-17(20(24)21-15-10-8-14(3)9-11-15)22-19-16-6-4-5-7-18(16)27(25,26)23-19/h4-11,13,17H,12H2,1-3H3,(H,21,24)(H,22,23). The number of benzene rings is 2. The summed E-state index contributed by atoms with van der Waals surface area (Å²) in [5.41, 5.74) is 2.28. The lowest BCUT2D eigenvalue weighted by Crippen LogP contribution is -2.31. The summed E-state index contributed by atoms with van der Waals surface area (Å²) < 4.78 is 27.0. The van der Waals surface area contributed by atoms with Crippen LogP contribution in [-0.4, -0.2) is 26.2 Å². The van der Waals surface area contributed by atoms with E-state index in [9.17, 15) is 13.2 Å². The van der Waals surface area contributed by atoms with Crippen LogP contribution in [0.25, 0.3) is 0 Å². The molecule has 3 rings (SSSR count). The van der Waals surface area contributed by atoms with E-state index in [1.54, 1.807) is 18.2 Å². The van der Waals surface area contributed by atoms with Gasteiger partial charge in [0.2, 0.25) is 5.91 Å². The number of nitrogens with zero attached hydrogens (tertiary/aromatic N) is 1. The van der Waals surface area contributed by atoms with Crippen LogP contribution in [0.1, 0.15) is 31.4 Å². The van der Waals surface area contributed by atoms with Crippen LogP contribution >= 0.6 is 0 Å². The van der Waals surface area contributed by atoms with Gasteiger partial charge in [-0.25, -0.2) is 8.42 Å². The Morgan fingerprint density at radius 2 is 1.78 bits per heavy atom. The number of carbonyl (C=O) groups excluding carboxylic acids is 1. The van der Waals surface area contributed by atoms with Crippen molar-refractivity contribution < 1.29 is 13.2 Å². The summed E-state index contributed by atoms with van der Waals surface area (Å²) in [6.07, 6.45) is 0.505. The number of aryl methyl sites for hydroxylation is 1. The molecule has 2 N–H and O–H groups in total. The molecule has 1 heterocycles. The Labute approximate surface area is 159 Å². The number of rotatable bonds is 5. The minimum Gasteiger partial charge on any atom is -0.324 e. The third-order valence-corrected chi connectivity index (χ3v) is 5.66. The Morgan fingerprint density at radius 3 is 2.44 bits per heavy atom. The van der Waals surface area contributed by atoms with E-state index in [1.165, 1.54) is 6.07 Å². The number of sulfonamides is 1. The van der Waals surface area contributed by atoms with E-state index in [1.807, 2.05) is 45.0 Å². The molecule has 0 aromatic heterocycles. The average Bonchev–Trinajstić information content (AvgIpc) is 2.87. The Morgan fingerprint density at radius 1 is 1.11 bits per heavy atom. The summed E-state index contributed by atoms with van der Waals surface area (Å²) in [6.45, 7) is 5.97. The van der Waals surface area contributed by atoms with E-state index >= 15 is 0 Å². The summed E-state index contributed by atoms with van der Waals surface area (Å²) in [4.78, 5) is 17.5. The molecule has 2 aromatic rings. The predicted octanol–water partition coefficient (Wildman–Crippen LogP) is 3.09. The molecule has 0 aliphatic carbocycles. The SMILES string of the molecule is Cc1ccc(NC(=O)C(CC(C)C)N=C2NS(=O)(=O)c3ccccc32)cc1. The minimum atomic E-state index is -3.63. The fourth-order valence-corrected chi connectivity index (χ4v) is 4.15. The van der Waals surface area contributed by atoms with E-state index in [2.05, 4.69) is 15.0 Å². The molecule has 1 unspecified atom stereocenters. The Bertz CT molecular complexity index is 980. The first kappa shape index (κ1) is 19.1. The molecule has 1 aliphatic rings. The van der Waals surface area contributed by atoms with Crippen molar-refractivity contribution in [2.24, 2.45) is 10.9 Å². The van der Waals surface area contributed by atoms with Crippen molar-refractivity contribution in [2.45, 2.75) is 38.1 Å². The Kier molecular flexibility index (Phi) is 5.32. The van der Waals surface area contributed by atoms with Gasteiger partial charge in [0.1, 0.15) is 11.9 Å². The van der Waals surface area contributed by atoms with Crippen molar-refractivity contribution in [3.8, 4) is 0 Å². The monoisotopic (exact) mass is 385 g/mol. The highest BCUT2D eigenvalue weighted by Gasteiger charge is 2.32. The second kappa shape index (κ2) is 7.52. The molecule has 2 aromatic carbocycles. The van der Waals surface area contributed by atoms with Crippen LogP contribution in [0.3, 0.4) is 0 Å². The summed E-state index contributed by atoms with van der Waals surface area (Å²) in [5, 5.41) is 2.87. The van der Waals surface area contributed by atoms with Gasteiger partial charge in [0, 0.05) is 11.3 Å². The number of hydrogen-bond donors (Lipinski definition) is 2. The van der Waals surface area contributed by atoms with Crippen LogP contribution in [0.5, 0.6) is 0 Å². The molecule has 0 saturated carbocycles. The van der Waals surface area contributed by atoms with Crippen LogP contribution in [0.4, 0.5) is 5.69 Å². The van der Waals surface area contributed by atoms with Crippen molar-refractivity contribution >= 4 is 27.5 Å². The molecule has 0 saturated heterocycles. The van der Waals surface area contributed by atoms with Gasteiger partial charge in [0.05, 0.1) is 4.90 Å². The maximum Gasteiger partial charge on any atom is 0.263 e. The van der Waals surface area contributed by atoms with Crippen molar-refractivity contribution in [1.82, 2.24) is 4.72 Å². The van der Waals surface area contributed by atoms with E-state index in [-0.39, 0.29) is 22.6 Å². The molecule has 0 bridgehead atoms. The van der Waals surface area contributed by atoms with Crippen LogP contribution < -0.4 is 10.0 Å². The van der Waals surface area contributed by atoms with Crippen molar-refractivity contribution in [1.29, 1.82) is 0 Å². The highest BCUT2D eigenvalue weighted by Crippen LogP contribution is 2.23. The highest BCUT2D eigenvalue weighted by molar-refractivity contribution is 7.90. The third-order valence-electron chi connectivity index (χ3n) is 4.26. The van der Waals surface area contributed by atoms with E-state index in [0.717, 1.165) is 5.56 Å². The van der Waals surface area contributed by atoms with Gasteiger partial charge in [-0.05, 0) is 43.5 Å². The zero-order valence-corrected chi connectivity index (χ0v) is 16.4. The highest BCUT2D eigenvalue weighted by atomic mass is 32.2. The maximum atomic E-state index is 12.8. The molecule has 1 amide bonds. The molecule has 0 fully saturated rings. The second-order valence-electron chi connectivity index (χ2n) is 7.08. The second-order valence-corrected chi connectivity index (χ2v) is 8.73. The largest absolute Gasteiger partial charge is 0.324 e. The molecule has 7 heteroatoms. The fraction of sp³-hybridized carbons (Fsp3) is 0.300. The average molecular weight is 385 g/mol. The molecule has 27 heavy (non-hydrogen) atoms. The first-order chi connectivity index (χ1) is 12.8. The van der Waals surface area contributed by atoms with Crippen LogP contribution in [0.15, 0.2) is 58.4 Å². The van der Waals surface area contributed by atoms with E-state index in [0.29, 0.717) is 17.7 Å². The lowest BCUT2D eigenvalue weighted by atomic mass is 10.0. The van der Waals surface area contributed by atoms with Gasteiger partial charge in [0.15, 0.2) is 0 Å². The molecular formula is C20H23N3O3S. The normalized spacial score (nSPS) is 17.4. The smallest absolute Gasteiger partial charge is 0.263 e. The maximum absolute atomic E-state index is 12.8. The van der Waals surface area contributed by atoms with Gasteiger partial charge in [-0.15, -0.1) is 0 Å². The van der Waals surface area contributed by atoms with Crippen molar-refractivity contribution in [2.75, 3.05) is 5.32 Å². The number of carbonyl (C=O) groups is 1. The third kappa shape index (κ3) is 4.36. The Hall–Kier alpha value is -2.67. The quantitative estimate of drug-likeness (QED) is 0.829. The van der Waals surface area contributed by atoms with Gasteiger partial charge in [-0.2, -0.15) is 0 Å². The van der Waals surface area contributed by atoms with E-state index in [4.69, 9.17) is 0 Å². The molecule has 1 atom stereocenters. The van der Waals surface area contributed by atoms with Crippen molar-refractivity contribution in [3.63, 3.8) is 0 Å². The number of amidine groups is 1. The zero-order valence-electron chi connectivity index (χ0n) is 15.6. The summed E-state index contributed by atoms with van der Waals surface area (Å²) in [7, 11) is -3.63. The first-order valence-corrected chi connectivity index (χ1v) is 10.3. The minimum absolute atomic E-state index is 0.186. The predicted molar refractivity (Wildman–Crippen MR) is 106 cm³/mol. The van der Waals surface area contributed by atoms with Crippen LogP contribution in [0.2, 0.25) is 0 Å². The van der Waals surface area contributed by atoms with Crippen LogP contribution in [0, 0.1) is 12.8 Å². The van der Waals surface area contributed by atoms with E-state index < -0.39 is 16.1 Å². The van der Waals surface area contributed by atoms with Gasteiger partial charge in [-0.1, -0.05) is 43.7 Å². The van der Waals surface area contributed by atoms with Gasteiger partial charge in [-0.3, -0.25) is 14.5 Å². The molecule has 142 valence electrons. The number of anilines is 1. The number of nitrogens with one attached hydrogen (secondary N) is 2. The summed E-state index contributed by atoms with van der Waals surface area (Å²) in [6, 6.07) is 13.4. The summed E-state index contributed by atoms with van der Waals surface area (Å²) >= 11 is 0. The lowest BCUT2D eigenvalue weighted by Gasteiger charge is -2.16. The van der Waals surface area contributed by atoms with Crippen LogP contribution in [-0.2, 0) is 14.8 Å². The van der Waals surface area contributed by atoms with Gasteiger partial charge in [0.25, 0.3) is 10.0 Å². The summed E-state index contributed by atoms with van der Waals surface area (Å²) in [5.74, 6) is 0.176. The number of fused-ring (bicyclic) bond motifs is 1. The molecule has 1 aliphatic heterocycles. The zero-order chi connectivity index (χ0) is 19.6. The number of hydrogen-bond acceptors (Lipinski definition) is 4. The lowest BCUT2D eigenvalue weighted by molar-refractivity contribution is -0.117. The molecule has 0 spiro atoms. The molecule has 6 nitrogen and oxygen atoms in total. The molecular weight excluding hydrogens is 362 g/mol. The van der Waals surface area contributed by atoms with Gasteiger partial charge < -0.3 is 5.32 Å².